The van der Waals surface area contributed by atoms with Crippen molar-refractivity contribution in [3.63, 3.8) is 0 Å². The number of nitrogens with one attached hydrogen (secondary N) is 7. The lowest BCUT2D eigenvalue weighted by Gasteiger charge is -2.28. The number of carbonyl (C=O) groups is 8. The summed E-state index contributed by atoms with van der Waals surface area (Å²) in [6.45, 7) is 12.0. The number of imidazole rings is 1. The molecule has 0 aliphatic carbocycles. The highest BCUT2D eigenvalue weighted by atomic mass is 16.4. The van der Waals surface area contributed by atoms with E-state index in [1.165, 1.54) is 19.4 Å². The van der Waals surface area contributed by atoms with Crippen molar-refractivity contribution in [2.24, 2.45) is 29.2 Å². The van der Waals surface area contributed by atoms with Crippen LogP contribution in [0.15, 0.2) is 12.5 Å². The van der Waals surface area contributed by atoms with E-state index in [2.05, 4.69) is 41.9 Å². The van der Waals surface area contributed by atoms with E-state index in [1.807, 2.05) is 13.8 Å². The van der Waals surface area contributed by atoms with Gasteiger partial charge in [0.25, 0.3) is 0 Å². The number of hydrogen-bond donors (Lipinski definition) is 11. The summed E-state index contributed by atoms with van der Waals surface area (Å²) in [7, 11) is 0. The molecule has 0 fully saturated rings. The normalized spacial score (nSPS) is 15.6. The van der Waals surface area contributed by atoms with Gasteiger partial charge in [0, 0.05) is 18.3 Å². The molecule has 0 radical (unpaired) electrons. The van der Waals surface area contributed by atoms with Gasteiger partial charge in [-0.1, -0.05) is 48.0 Å². The molecule has 0 saturated heterocycles. The summed E-state index contributed by atoms with van der Waals surface area (Å²) in [5.41, 5.74) is 12.0. The van der Waals surface area contributed by atoms with Crippen LogP contribution in [0.3, 0.4) is 0 Å². The van der Waals surface area contributed by atoms with Gasteiger partial charge in [-0.15, -0.1) is 0 Å². The second kappa shape index (κ2) is 24.4. The van der Waals surface area contributed by atoms with Crippen LogP contribution in [0.5, 0.6) is 0 Å². The Morgan fingerprint density at radius 2 is 1.30 bits per heavy atom. The predicted octanol–water partition coefficient (Wildman–Crippen LogP) is -1.36. The van der Waals surface area contributed by atoms with E-state index < -0.39 is 108 Å². The molecule has 0 unspecified atom stereocenters. The maximum atomic E-state index is 13.8. The Hall–Kier alpha value is -5.11. The molecule has 1 aromatic rings. The molecule has 0 bridgehead atoms. The van der Waals surface area contributed by atoms with Crippen molar-refractivity contribution >= 4 is 47.4 Å². The summed E-state index contributed by atoms with van der Waals surface area (Å²) < 4.78 is 0. The van der Waals surface area contributed by atoms with E-state index in [-0.39, 0.29) is 25.2 Å². The van der Waals surface area contributed by atoms with Crippen molar-refractivity contribution in [3.05, 3.63) is 18.2 Å². The second-order valence-corrected chi connectivity index (χ2v) is 14.8. The monoisotopic (exact) mass is 794 g/mol. The summed E-state index contributed by atoms with van der Waals surface area (Å²) >= 11 is 0. The zero-order valence-corrected chi connectivity index (χ0v) is 33.3. The lowest BCUT2D eigenvalue weighted by molar-refractivity contribution is -0.144. The van der Waals surface area contributed by atoms with Crippen LogP contribution in [-0.4, -0.2) is 116 Å². The molecule has 6 amide bonds. The van der Waals surface area contributed by atoms with E-state index >= 15 is 0 Å². The number of unbranched alkanes of at least 4 members (excludes halogenated alkanes) is 1. The van der Waals surface area contributed by atoms with Crippen LogP contribution < -0.4 is 43.4 Å². The summed E-state index contributed by atoms with van der Waals surface area (Å²) in [6, 6.07) is -8.79. The zero-order chi connectivity index (χ0) is 42.7. The third-order valence-corrected chi connectivity index (χ3v) is 9.04. The average molecular weight is 795 g/mol. The molecule has 0 aliphatic heterocycles. The topological polar surface area (TPSA) is 330 Å². The van der Waals surface area contributed by atoms with Gasteiger partial charge in [-0.05, 0) is 56.9 Å². The number of rotatable bonds is 26. The van der Waals surface area contributed by atoms with Crippen molar-refractivity contribution in [1.29, 1.82) is 0 Å². The molecule has 0 spiro atoms. The first-order chi connectivity index (χ1) is 26.2. The number of nitrogens with two attached hydrogens (primary N) is 2. The maximum absolute atomic E-state index is 13.8. The van der Waals surface area contributed by atoms with Crippen LogP contribution in [0.4, 0.5) is 0 Å². The van der Waals surface area contributed by atoms with Crippen LogP contribution in [0.25, 0.3) is 0 Å². The minimum atomic E-state index is -1.55. The number of nitrogens with zero attached hydrogens (tertiary/aromatic N) is 1. The molecule has 13 N–H and O–H groups in total. The number of H-pyrrole nitrogens is 1. The number of aliphatic carboxylic acids is 2. The molecule has 8 atom stereocenters. The van der Waals surface area contributed by atoms with E-state index in [0.29, 0.717) is 31.5 Å². The van der Waals surface area contributed by atoms with Crippen molar-refractivity contribution in [2.75, 3.05) is 6.54 Å². The zero-order valence-electron chi connectivity index (χ0n) is 33.3. The minimum Gasteiger partial charge on any atom is -0.481 e. The molecule has 1 aromatic heterocycles. The molecule has 20 nitrogen and oxygen atoms in total. The smallest absolute Gasteiger partial charge is 0.326 e. The average Bonchev–Trinajstić information content (AvgIpc) is 3.63. The first kappa shape index (κ1) is 48.9. The molecular formula is C36H62N10O10. The highest BCUT2D eigenvalue weighted by molar-refractivity contribution is 5.97. The summed E-state index contributed by atoms with van der Waals surface area (Å²) in [5.74, 6) is -8.32. The molecule has 20 heteroatoms. The first-order valence-electron chi connectivity index (χ1n) is 18.9. The Kier molecular flexibility index (Phi) is 21.3. The van der Waals surface area contributed by atoms with E-state index in [4.69, 9.17) is 11.5 Å². The van der Waals surface area contributed by atoms with Crippen molar-refractivity contribution in [3.8, 4) is 0 Å². The van der Waals surface area contributed by atoms with Gasteiger partial charge < -0.3 is 58.6 Å². The number of carboxylic acids is 2. The van der Waals surface area contributed by atoms with Gasteiger partial charge in [0.05, 0.1) is 18.8 Å². The lowest BCUT2D eigenvalue weighted by atomic mass is 9.98. The van der Waals surface area contributed by atoms with Crippen molar-refractivity contribution in [2.45, 2.75) is 136 Å². The summed E-state index contributed by atoms with van der Waals surface area (Å²) in [6.07, 6.45) is 3.71. The Balaban J connectivity index is 3.20. The molecule has 0 aliphatic rings. The molecular weight excluding hydrogens is 732 g/mol. The van der Waals surface area contributed by atoms with Gasteiger partial charge in [-0.3, -0.25) is 33.6 Å². The Labute approximate surface area is 327 Å². The van der Waals surface area contributed by atoms with Gasteiger partial charge in [0.2, 0.25) is 35.4 Å². The number of hydrogen-bond acceptors (Lipinski definition) is 11. The van der Waals surface area contributed by atoms with Gasteiger partial charge in [-0.2, -0.15) is 0 Å². The molecule has 0 aromatic carbocycles. The maximum Gasteiger partial charge on any atom is 0.326 e. The summed E-state index contributed by atoms with van der Waals surface area (Å²) in [4.78, 5) is 110. The fourth-order valence-corrected chi connectivity index (χ4v) is 5.53. The molecule has 56 heavy (non-hydrogen) atoms. The van der Waals surface area contributed by atoms with Crippen LogP contribution in [0.1, 0.15) is 92.7 Å². The highest BCUT2D eigenvalue weighted by Crippen LogP contribution is 2.11. The van der Waals surface area contributed by atoms with Gasteiger partial charge in [0.15, 0.2) is 0 Å². The quantitative estimate of drug-likeness (QED) is 0.0484. The molecule has 316 valence electrons. The van der Waals surface area contributed by atoms with Crippen LogP contribution in [-0.2, 0) is 44.8 Å². The fourth-order valence-electron chi connectivity index (χ4n) is 5.53. The van der Waals surface area contributed by atoms with Crippen LogP contribution >= 0.6 is 0 Å². The second-order valence-electron chi connectivity index (χ2n) is 14.8. The number of amides is 6. The molecule has 1 heterocycles. The van der Waals surface area contributed by atoms with E-state index in [9.17, 15) is 48.6 Å². The van der Waals surface area contributed by atoms with Crippen LogP contribution in [0, 0.1) is 17.8 Å². The fraction of sp³-hybridized carbons (Fsp3) is 0.694. The van der Waals surface area contributed by atoms with Crippen LogP contribution in [0.2, 0.25) is 0 Å². The van der Waals surface area contributed by atoms with E-state index in [0.717, 1.165) is 0 Å². The number of carbonyl (C=O) groups excluding carboxylic acids is 6. The molecule has 0 saturated carbocycles. The standard InChI is InChI=1S/C36H62N10O10/c1-8-20(6)29(36(55)56)46-34(53)25(14-22-16-39-17-40-22)44-32(51)24(11-9-10-12-37)42-35(54)28(19(4)5)45-30(49)21(7)41-33(52)26(15-27(47)48)43-31(50)23(38)13-18(2)3/h16-21,23-26,28-29H,8-15,37-38H2,1-7H3,(H,39,40)(H,41,52)(H,42,54)(H,43,50)(H,44,51)(H,45,49)(H,46,53)(H,47,48)(H,55,56)/t20-,21-,23-,24-,25-,26-,28-,29-/m0/s1. The lowest BCUT2D eigenvalue weighted by Crippen LogP contribution is -2.60. The number of carboxylic acid groups (broad SMARTS) is 2. The number of aromatic nitrogens is 2. The summed E-state index contributed by atoms with van der Waals surface area (Å²) in [5, 5.41) is 34.1. The third kappa shape index (κ3) is 17.1. The molecule has 1 rings (SSSR count). The highest BCUT2D eigenvalue weighted by Gasteiger charge is 2.35. The van der Waals surface area contributed by atoms with Crippen molar-refractivity contribution in [1.82, 2.24) is 41.9 Å². The number of aromatic amines is 1. The Morgan fingerprint density at radius 3 is 1.82 bits per heavy atom. The van der Waals surface area contributed by atoms with Gasteiger partial charge in [-0.25, -0.2) is 9.78 Å². The Bertz CT molecular complexity index is 1470. The largest absolute Gasteiger partial charge is 0.481 e. The van der Waals surface area contributed by atoms with Crippen molar-refractivity contribution < 1.29 is 48.6 Å². The van der Waals surface area contributed by atoms with Gasteiger partial charge >= 0.3 is 11.9 Å². The van der Waals surface area contributed by atoms with E-state index in [1.54, 1.807) is 27.7 Å². The Morgan fingerprint density at radius 1 is 0.732 bits per heavy atom. The third-order valence-electron chi connectivity index (χ3n) is 9.04. The minimum absolute atomic E-state index is 0.0526. The first-order valence-corrected chi connectivity index (χ1v) is 18.9. The predicted molar refractivity (Wildman–Crippen MR) is 204 cm³/mol. The SMILES string of the molecule is CC[C@H](C)[C@H](NC(=O)[C@H](Cc1cnc[nH]1)NC(=O)[C@H](CCCCN)NC(=O)[C@@H](NC(=O)[C@H](C)NC(=O)[C@H](CC(=O)O)NC(=O)[C@@H](N)CC(C)C)C(C)C)C(=O)O. The van der Waals surface area contributed by atoms with Gasteiger partial charge in [0.1, 0.15) is 36.3 Å².